The fourth-order valence-electron chi connectivity index (χ4n) is 4.54. The van der Waals surface area contributed by atoms with Crippen molar-refractivity contribution in [2.24, 2.45) is 10.7 Å². The topological polar surface area (TPSA) is 122 Å². The first-order chi connectivity index (χ1) is 17.0. The van der Waals surface area contributed by atoms with E-state index in [4.69, 9.17) is 10.5 Å². The fraction of sp³-hybridized carbons (Fsp3) is 0.231. The van der Waals surface area contributed by atoms with Crippen LogP contribution in [0.3, 0.4) is 0 Å². The van der Waals surface area contributed by atoms with Crippen molar-refractivity contribution in [2.75, 3.05) is 14.2 Å². The molecule has 0 saturated carbocycles. The molecule has 3 aromatic carbocycles. The molecule has 0 bridgehead atoms. The van der Waals surface area contributed by atoms with Crippen LogP contribution in [0.25, 0.3) is 11.1 Å². The Labute approximate surface area is 209 Å². The molecule has 3 aromatic rings. The number of guanidine groups is 1. The molecule has 2 atom stereocenters. The Bertz CT molecular complexity index is 1460. The molecule has 0 saturated heterocycles. The molecule has 1 heterocycles. The maximum atomic E-state index is 15.0. The molecule has 36 heavy (non-hydrogen) atoms. The van der Waals surface area contributed by atoms with Crippen molar-refractivity contribution in [3.05, 3.63) is 89.2 Å². The Hall–Kier alpha value is -3.76. The molecular formula is C26H26FN3O5S. The van der Waals surface area contributed by atoms with Gasteiger partial charge in [-0.25, -0.2) is 9.38 Å². The summed E-state index contributed by atoms with van der Waals surface area (Å²) in [6.45, 7) is 1.65. The normalized spacial score (nSPS) is 18.8. The molecule has 10 heteroatoms. The van der Waals surface area contributed by atoms with Crippen LogP contribution in [0.5, 0.6) is 5.75 Å². The molecule has 4 rings (SSSR count). The predicted molar refractivity (Wildman–Crippen MR) is 135 cm³/mol. The van der Waals surface area contributed by atoms with Crippen molar-refractivity contribution in [3.8, 4) is 16.9 Å². The van der Waals surface area contributed by atoms with Gasteiger partial charge >= 0.3 is 0 Å². The minimum atomic E-state index is -4.31. The van der Waals surface area contributed by atoms with E-state index < -0.39 is 32.6 Å². The van der Waals surface area contributed by atoms with Crippen LogP contribution >= 0.6 is 0 Å². The lowest BCUT2D eigenvalue weighted by Gasteiger charge is -2.27. The summed E-state index contributed by atoms with van der Waals surface area (Å²) in [6.07, 6.45) is 0.171. The highest BCUT2D eigenvalue weighted by Crippen LogP contribution is 2.41. The maximum absolute atomic E-state index is 15.0. The number of hydrogen-bond donors (Lipinski definition) is 2. The Morgan fingerprint density at radius 3 is 2.33 bits per heavy atom. The summed E-state index contributed by atoms with van der Waals surface area (Å²) < 4.78 is 53.3. The minimum Gasteiger partial charge on any atom is -0.494 e. The number of rotatable bonds is 7. The van der Waals surface area contributed by atoms with Crippen molar-refractivity contribution >= 4 is 22.0 Å². The van der Waals surface area contributed by atoms with E-state index in [-0.39, 0.29) is 23.7 Å². The summed E-state index contributed by atoms with van der Waals surface area (Å²) in [4.78, 5) is 19.4. The number of nitrogens with zero attached hydrogens (tertiary/aromatic N) is 2. The van der Waals surface area contributed by atoms with Crippen LogP contribution in [-0.2, 0) is 20.5 Å². The van der Waals surface area contributed by atoms with Crippen LogP contribution in [0.15, 0.2) is 71.7 Å². The van der Waals surface area contributed by atoms with Crippen LogP contribution in [0.4, 0.5) is 4.39 Å². The number of likely N-dealkylation sites (N-methyl/N-ethyl adjacent to an activating group) is 1. The van der Waals surface area contributed by atoms with Crippen LogP contribution < -0.4 is 10.5 Å². The summed E-state index contributed by atoms with van der Waals surface area (Å²) in [5.74, 6) is -0.861. The molecule has 0 spiro atoms. The van der Waals surface area contributed by atoms with Gasteiger partial charge in [0.05, 0.1) is 7.11 Å². The Morgan fingerprint density at radius 2 is 1.78 bits per heavy atom. The van der Waals surface area contributed by atoms with Gasteiger partial charge < -0.3 is 10.5 Å². The van der Waals surface area contributed by atoms with Gasteiger partial charge in [0.15, 0.2) is 23.1 Å². The number of carbonyl (C=O) groups is 1. The van der Waals surface area contributed by atoms with Gasteiger partial charge in [0.25, 0.3) is 16.0 Å². The van der Waals surface area contributed by atoms with Gasteiger partial charge in [0.2, 0.25) is 0 Å². The molecule has 2 unspecified atom stereocenters. The number of ether oxygens (including phenoxy) is 1. The molecule has 1 aliphatic heterocycles. The lowest BCUT2D eigenvalue weighted by molar-refractivity contribution is -0.129. The van der Waals surface area contributed by atoms with Crippen LogP contribution in [0.2, 0.25) is 0 Å². The average molecular weight is 512 g/mol. The predicted octanol–water partition coefficient (Wildman–Crippen LogP) is 3.87. The minimum absolute atomic E-state index is 0.00594. The molecule has 0 aliphatic carbocycles. The lowest BCUT2D eigenvalue weighted by atomic mass is 9.81. The van der Waals surface area contributed by atoms with Gasteiger partial charge in [-0.15, -0.1) is 0 Å². The van der Waals surface area contributed by atoms with Gasteiger partial charge in [-0.1, -0.05) is 61.5 Å². The molecule has 0 aromatic heterocycles. The highest BCUT2D eigenvalue weighted by molar-refractivity contribution is 7.86. The summed E-state index contributed by atoms with van der Waals surface area (Å²) in [7, 11) is -1.42. The fourth-order valence-corrected chi connectivity index (χ4v) is 5.47. The molecule has 3 N–H and O–H groups in total. The van der Waals surface area contributed by atoms with E-state index in [9.17, 15) is 17.8 Å². The zero-order chi connectivity index (χ0) is 26.3. The number of halogens is 1. The average Bonchev–Trinajstić information content (AvgIpc) is 3.09. The summed E-state index contributed by atoms with van der Waals surface area (Å²) in [5, 5.41) is -1.10. The van der Waals surface area contributed by atoms with Gasteiger partial charge in [-0.3, -0.25) is 14.2 Å². The Morgan fingerprint density at radius 1 is 1.11 bits per heavy atom. The van der Waals surface area contributed by atoms with Crippen LogP contribution in [-0.4, -0.2) is 43.9 Å². The Balaban J connectivity index is 1.89. The van der Waals surface area contributed by atoms with E-state index in [1.165, 1.54) is 25.1 Å². The second-order valence-corrected chi connectivity index (χ2v) is 10.1. The van der Waals surface area contributed by atoms with Gasteiger partial charge in [0.1, 0.15) is 5.25 Å². The third kappa shape index (κ3) is 4.12. The molecule has 1 amide bonds. The highest BCUT2D eigenvalue weighted by Gasteiger charge is 2.49. The standard InChI is InChI=1S/C26H26FN3O5S/c1-4-22(36(32,33)34)16-11-13-18(14-12-16)26(24(31)30(2)25(28)29-26)19-8-5-7-17(15-19)20-9-6-10-21(35-3)23(20)27/h5-15,22H,4H2,1-3H3,(H2,28,29)(H,32,33,34). The number of carbonyl (C=O) groups excluding carboxylic acids is 1. The van der Waals surface area contributed by atoms with Crippen LogP contribution in [0.1, 0.15) is 35.3 Å². The smallest absolute Gasteiger partial charge is 0.271 e. The molecule has 0 radical (unpaired) electrons. The monoisotopic (exact) mass is 511 g/mol. The second kappa shape index (κ2) is 9.36. The number of hydrogen-bond acceptors (Lipinski definition) is 6. The van der Waals surface area contributed by atoms with Crippen molar-refractivity contribution in [3.63, 3.8) is 0 Å². The third-order valence-electron chi connectivity index (χ3n) is 6.45. The lowest BCUT2D eigenvalue weighted by Crippen LogP contribution is -2.41. The van der Waals surface area contributed by atoms with Gasteiger partial charge in [0, 0.05) is 12.6 Å². The van der Waals surface area contributed by atoms with Crippen LogP contribution in [0, 0.1) is 5.82 Å². The van der Waals surface area contributed by atoms with Gasteiger partial charge in [-0.05, 0) is 40.8 Å². The quantitative estimate of drug-likeness (QED) is 0.465. The Kier molecular flexibility index (Phi) is 6.59. The first-order valence-corrected chi connectivity index (χ1v) is 12.7. The summed E-state index contributed by atoms with van der Waals surface area (Å²) in [5.41, 5.74) is 6.55. The number of amides is 1. The SMILES string of the molecule is CCC(c1ccc(C2(c3cccc(-c4cccc(OC)c4F)c3)N=C(N)N(C)C2=O)cc1)S(=O)(=O)O. The number of methoxy groups -OCH3 is 1. The van der Waals surface area contributed by atoms with E-state index >= 15 is 4.39 Å². The number of nitrogens with two attached hydrogens (primary N) is 1. The largest absolute Gasteiger partial charge is 0.494 e. The van der Waals surface area contributed by atoms with Crippen molar-refractivity contribution in [1.29, 1.82) is 0 Å². The first-order valence-electron chi connectivity index (χ1n) is 11.2. The molecule has 188 valence electrons. The molecule has 1 aliphatic rings. The first kappa shape index (κ1) is 25.3. The van der Waals surface area contributed by atoms with Crippen molar-refractivity contribution in [1.82, 2.24) is 4.90 Å². The number of aliphatic imine (C=N–C) groups is 1. The van der Waals surface area contributed by atoms with E-state index in [1.54, 1.807) is 67.6 Å². The van der Waals surface area contributed by atoms with Crippen molar-refractivity contribution in [2.45, 2.75) is 24.1 Å². The molecular weight excluding hydrogens is 485 g/mol. The summed E-state index contributed by atoms with van der Waals surface area (Å²) in [6, 6.07) is 17.9. The van der Waals surface area contributed by atoms with E-state index in [2.05, 4.69) is 4.99 Å². The molecule has 0 fully saturated rings. The zero-order valence-corrected chi connectivity index (χ0v) is 20.8. The second-order valence-electron chi connectivity index (χ2n) is 8.48. The zero-order valence-electron chi connectivity index (χ0n) is 20.0. The third-order valence-corrected chi connectivity index (χ3v) is 7.77. The summed E-state index contributed by atoms with van der Waals surface area (Å²) >= 11 is 0. The number of benzene rings is 3. The maximum Gasteiger partial charge on any atom is 0.271 e. The van der Waals surface area contributed by atoms with E-state index in [0.29, 0.717) is 22.3 Å². The van der Waals surface area contributed by atoms with E-state index in [0.717, 1.165) is 0 Å². The van der Waals surface area contributed by atoms with Crippen molar-refractivity contribution < 1.29 is 26.9 Å². The van der Waals surface area contributed by atoms with E-state index in [1.807, 2.05) is 0 Å². The van der Waals surface area contributed by atoms with Gasteiger partial charge in [-0.2, -0.15) is 8.42 Å². The molecule has 8 nitrogen and oxygen atoms in total. The highest BCUT2D eigenvalue weighted by atomic mass is 32.2.